The number of nitro benzene ring substituents is 1. The first-order valence-corrected chi connectivity index (χ1v) is 6.15. The van der Waals surface area contributed by atoms with Gasteiger partial charge in [0.15, 0.2) is 0 Å². The first-order chi connectivity index (χ1) is 8.10. The topological polar surface area (TPSA) is 66.6 Å². The van der Waals surface area contributed by atoms with Gasteiger partial charge in [0, 0.05) is 48.8 Å². The molecule has 0 aromatic heterocycles. The van der Waals surface area contributed by atoms with Crippen molar-refractivity contribution in [2.24, 2.45) is 5.92 Å². The van der Waals surface area contributed by atoms with Crippen molar-refractivity contribution in [3.05, 3.63) is 38.3 Å². The summed E-state index contributed by atoms with van der Waals surface area (Å²) in [6, 6.07) is 4.82. The van der Waals surface area contributed by atoms with Crippen molar-refractivity contribution in [3.8, 4) is 0 Å². The van der Waals surface area contributed by atoms with E-state index in [1.807, 2.05) is 0 Å². The molecule has 0 atom stereocenters. The zero-order valence-electron chi connectivity index (χ0n) is 9.17. The second-order valence-corrected chi connectivity index (χ2v) is 5.13. The molecular weight excluding hydrogens is 288 g/mol. The molecule has 1 fully saturated rings. The first-order valence-electron chi connectivity index (χ1n) is 5.36. The van der Waals surface area contributed by atoms with Crippen LogP contribution in [0.2, 0.25) is 0 Å². The van der Waals surface area contributed by atoms with E-state index in [0.717, 1.165) is 29.7 Å². The van der Waals surface area contributed by atoms with Gasteiger partial charge >= 0.3 is 0 Å². The number of aliphatic hydroxyl groups excluding tert-OH is 1. The Balaban J connectivity index is 2.00. The van der Waals surface area contributed by atoms with Crippen LogP contribution in [0.15, 0.2) is 22.7 Å². The molecule has 17 heavy (non-hydrogen) atoms. The predicted octanol–water partition coefficient (Wildman–Crippen LogP) is 1.78. The van der Waals surface area contributed by atoms with E-state index in [0.29, 0.717) is 5.92 Å². The van der Waals surface area contributed by atoms with Crippen LogP contribution >= 0.6 is 15.9 Å². The highest BCUT2D eigenvalue weighted by molar-refractivity contribution is 9.10. The fourth-order valence-corrected chi connectivity index (χ4v) is 2.43. The number of non-ortho nitro benzene ring substituents is 1. The Bertz CT molecular complexity index is 433. The van der Waals surface area contributed by atoms with Crippen molar-refractivity contribution < 1.29 is 10.0 Å². The molecular formula is C11H13BrN2O3. The van der Waals surface area contributed by atoms with Gasteiger partial charge in [-0.1, -0.05) is 15.9 Å². The zero-order chi connectivity index (χ0) is 12.4. The normalized spacial score (nSPS) is 16.8. The lowest BCUT2D eigenvalue weighted by Crippen LogP contribution is -2.47. The van der Waals surface area contributed by atoms with Gasteiger partial charge in [0.1, 0.15) is 0 Å². The lowest BCUT2D eigenvalue weighted by Gasteiger charge is -2.38. The van der Waals surface area contributed by atoms with Gasteiger partial charge in [-0.2, -0.15) is 0 Å². The van der Waals surface area contributed by atoms with Crippen molar-refractivity contribution in [3.63, 3.8) is 0 Å². The molecule has 0 aliphatic carbocycles. The fraction of sp³-hybridized carbons (Fsp3) is 0.455. The van der Waals surface area contributed by atoms with Crippen molar-refractivity contribution in [2.75, 3.05) is 19.7 Å². The van der Waals surface area contributed by atoms with Crippen LogP contribution in [0.5, 0.6) is 0 Å². The Morgan fingerprint density at radius 2 is 2.24 bits per heavy atom. The number of nitrogens with zero attached hydrogens (tertiary/aromatic N) is 2. The van der Waals surface area contributed by atoms with E-state index < -0.39 is 4.92 Å². The Hall–Kier alpha value is -0.980. The molecule has 1 saturated heterocycles. The van der Waals surface area contributed by atoms with Crippen LogP contribution in [0.1, 0.15) is 5.56 Å². The molecule has 1 N–H and O–H groups in total. The van der Waals surface area contributed by atoms with Crippen LogP contribution in [0, 0.1) is 16.0 Å². The lowest BCUT2D eigenvalue weighted by atomic mass is 10.0. The highest BCUT2D eigenvalue weighted by Gasteiger charge is 2.26. The highest BCUT2D eigenvalue weighted by Crippen LogP contribution is 2.26. The Morgan fingerprint density at radius 1 is 1.53 bits per heavy atom. The smallest absolute Gasteiger partial charge is 0.270 e. The van der Waals surface area contributed by atoms with E-state index in [2.05, 4.69) is 20.8 Å². The minimum atomic E-state index is -0.403. The number of nitro groups is 1. The maximum Gasteiger partial charge on any atom is 0.270 e. The maximum absolute atomic E-state index is 10.6. The minimum absolute atomic E-state index is 0.0949. The summed E-state index contributed by atoms with van der Waals surface area (Å²) < 4.78 is 0.763. The fourth-order valence-electron chi connectivity index (χ4n) is 1.94. The Morgan fingerprint density at radius 3 is 2.76 bits per heavy atom. The molecule has 0 unspecified atom stereocenters. The van der Waals surface area contributed by atoms with Crippen LogP contribution in [0.25, 0.3) is 0 Å². The second kappa shape index (κ2) is 5.12. The van der Waals surface area contributed by atoms with E-state index >= 15 is 0 Å². The highest BCUT2D eigenvalue weighted by atomic mass is 79.9. The zero-order valence-corrected chi connectivity index (χ0v) is 10.8. The monoisotopic (exact) mass is 300 g/mol. The van der Waals surface area contributed by atoms with Gasteiger partial charge in [0.25, 0.3) is 5.69 Å². The molecule has 6 heteroatoms. The summed E-state index contributed by atoms with van der Waals surface area (Å²) >= 11 is 3.35. The van der Waals surface area contributed by atoms with Gasteiger partial charge in [-0.3, -0.25) is 15.0 Å². The number of hydrogen-bond acceptors (Lipinski definition) is 4. The standard InChI is InChI=1S/C11H13BrN2O3/c12-11-3-10(14(16)17)2-1-9(11)6-13-4-8(5-13)7-15/h1-3,8,15H,4-7H2. The average Bonchev–Trinajstić information content (AvgIpc) is 2.24. The van der Waals surface area contributed by atoms with Crippen molar-refractivity contribution >= 4 is 21.6 Å². The molecule has 5 nitrogen and oxygen atoms in total. The van der Waals surface area contributed by atoms with Crippen LogP contribution in [-0.2, 0) is 6.54 Å². The van der Waals surface area contributed by atoms with Crippen molar-refractivity contribution in [2.45, 2.75) is 6.54 Å². The van der Waals surface area contributed by atoms with Gasteiger partial charge in [-0.05, 0) is 11.6 Å². The van der Waals surface area contributed by atoms with Crippen molar-refractivity contribution in [1.82, 2.24) is 4.90 Å². The van der Waals surface area contributed by atoms with E-state index in [1.54, 1.807) is 6.07 Å². The van der Waals surface area contributed by atoms with Crippen molar-refractivity contribution in [1.29, 1.82) is 0 Å². The number of rotatable bonds is 4. The third-order valence-corrected chi connectivity index (χ3v) is 3.67. The summed E-state index contributed by atoms with van der Waals surface area (Å²) in [5, 5.41) is 19.5. The summed E-state index contributed by atoms with van der Waals surface area (Å²) in [5.74, 6) is 0.381. The van der Waals surface area contributed by atoms with Gasteiger partial charge in [0.2, 0.25) is 0 Å². The van der Waals surface area contributed by atoms with Gasteiger partial charge in [0.05, 0.1) is 4.92 Å². The molecule has 1 aliphatic rings. The van der Waals surface area contributed by atoms with Gasteiger partial charge in [-0.25, -0.2) is 0 Å². The van der Waals surface area contributed by atoms with Crippen LogP contribution in [0.3, 0.4) is 0 Å². The molecule has 1 heterocycles. The largest absolute Gasteiger partial charge is 0.396 e. The van der Waals surface area contributed by atoms with Crippen LogP contribution < -0.4 is 0 Å². The van der Waals surface area contributed by atoms with Crippen LogP contribution in [-0.4, -0.2) is 34.6 Å². The third-order valence-electron chi connectivity index (χ3n) is 2.93. The third kappa shape index (κ3) is 2.83. The Labute approximate surface area is 107 Å². The summed E-state index contributed by atoms with van der Waals surface area (Å²) in [6.45, 7) is 2.77. The number of halogens is 1. The first kappa shape index (κ1) is 12.5. The minimum Gasteiger partial charge on any atom is -0.396 e. The van der Waals surface area contributed by atoms with Gasteiger partial charge in [-0.15, -0.1) is 0 Å². The number of hydrogen-bond donors (Lipinski definition) is 1. The molecule has 0 saturated carbocycles. The summed E-state index contributed by atoms with van der Waals surface area (Å²) in [4.78, 5) is 12.4. The lowest BCUT2D eigenvalue weighted by molar-refractivity contribution is -0.384. The van der Waals surface area contributed by atoms with E-state index in [-0.39, 0.29) is 12.3 Å². The molecule has 0 radical (unpaired) electrons. The maximum atomic E-state index is 10.6. The number of benzene rings is 1. The molecule has 1 aliphatic heterocycles. The number of aliphatic hydroxyl groups is 1. The Kier molecular flexibility index (Phi) is 3.76. The second-order valence-electron chi connectivity index (χ2n) is 4.28. The molecule has 0 bridgehead atoms. The summed E-state index contributed by atoms with van der Waals surface area (Å²) in [7, 11) is 0. The average molecular weight is 301 g/mol. The molecule has 1 aromatic rings. The SMILES string of the molecule is O=[N+]([O-])c1ccc(CN2CC(CO)C2)c(Br)c1. The van der Waals surface area contributed by atoms with E-state index in [9.17, 15) is 10.1 Å². The molecule has 92 valence electrons. The van der Waals surface area contributed by atoms with E-state index in [1.165, 1.54) is 12.1 Å². The molecule has 0 amide bonds. The molecule has 0 spiro atoms. The molecule has 1 aromatic carbocycles. The summed E-state index contributed by atoms with van der Waals surface area (Å²) in [6.07, 6.45) is 0. The predicted molar refractivity (Wildman–Crippen MR) is 66.6 cm³/mol. The van der Waals surface area contributed by atoms with Gasteiger partial charge < -0.3 is 5.11 Å². The molecule has 2 rings (SSSR count). The van der Waals surface area contributed by atoms with E-state index in [4.69, 9.17) is 5.11 Å². The number of likely N-dealkylation sites (tertiary alicyclic amines) is 1. The summed E-state index contributed by atoms with van der Waals surface area (Å²) in [5.41, 5.74) is 1.13. The quantitative estimate of drug-likeness (QED) is 0.680. The van der Waals surface area contributed by atoms with Crippen LogP contribution in [0.4, 0.5) is 5.69 Å².